The van der Waals surface area contributed by atoms with Gasteiger partial charge in [0.15, 0.2) is 0 Å². The van der Waals surface area contributed by atoms with Crippen LogP contribution in [0.15, 0.2) is 54.6 Å². The zero-order chi connectivity index (χ0) is 16.9. The average molecular weight is 325 g/mol. The van der Waals surface area contributed by atoms with Gasteiger partial charge >= 0.3 is 5.97 Å². The van der Waals surface area contributed by atoms with Gasteiger partial charge in [-0.3, -0.25) is 9.59 Å². The van der Waals surface area contributed by atoms with E-state index in [1.807, 2.05) is 37.3 Å². The summed E-state index contributed by atoms with van der Waals surface area (Å²) in [7, 11) is 0. The summed E-state index contributed by atoms with van der Waals surface area (Å²) in [4.78, 5) is 24.3. The standard InChI is InChI=1S/C19H19NO4/c1-2-23-15-10-8-14(9-11-15)20-19(22)16-12-17(21)24-18(16)13-6-4-3-5-7-13/h3-11,16,18H,2,12H2,1H3,(H,20,22)/t16-,18-/m1/s1. The molecule has 2 aromatic carbocycles. The van der Waals surface area contributed by atoms with Crippen molar-refractivity contribution in [2.24, 2.45) is 5.92 Å². The molecule has 5 nitrogen and oxygen atoms in total. The maximum Gasteiger partial charge on any atom is 0.307 e. The van der Waals surface area contributed by atoms with Gasteiger partial charge in [-0.05, 0) is 36.8 Å². The van der Waals surface area contributed by atoms with Crippen molar-refractivity contribution in [3.05, 3.63) is 60.2 Å². The van der Waals surface area contributed by atoms with Gasteiger partial charge in [0, 0.05) is 5.69 Å². The van der Waals surface area contributed by atoms with Gasteiger partial charge in [-0.25, -0.2) is 0 Å². The molecule has 0 aromatic heterocycles. The number of cyclic esters (lactones) is 1. The Morgan fingerprint density at radius 2 is 1.88 bits per heavy atom. The fourth-order valence-electron chi connectivity index (χ4n) is 2.77. The summed E-state index contributed by atoms with van der Waals surface area (Å²) in [5.41, 5.74) is 1.49. The van der Waals surface area contributed by atoms with Gasteiger partial charge < -0.3 is 14.8 Å². The van der Waals surface area contributed by atoms with Crippen molar-refractivity contribution in [3.8, 4) is 5.75 Å². The second kappa shape index (κ2) is 7.17. The van der Waals surface area contributed by atoms with Crippen molar-refractivity contribution in [2.45, 2.75) is 19.4 Å². The first-order chi connectivity index (χ1) is 11.7. The first-order valence-corrected chi connectivity index (χ1v) is 7.95. The maximum absolute atomic E-state index is 12.6. The smallest absolute Gasteiger partial charge is 0.307 e. The number of anilines is 1. The Labute approximate surface area is 140 Å². The summed E-state index contributed by atoms with van der Waals surface area (Å²) in [6.07, 6.45) is -0.455. The minimum Gasteiger partial charge on any atom is -0.494 e. The van der Waals surface area contributed by atoms with Gasteiger partial charge in [-0.1, -0.05) is 30.3 Å². The molecule has 24 heavy (non-hydrogen) atoms. The molecule has 0 saturated carbocycles. The number of carbonyl (C=O) groups is 2. The van der Waals surface area contributed by atoms with E-state index >= 15 is 0 Å². The molecule has 1 fully saturated rings. The van der Waals surface area contributed by atoms with Gasteiger partial charge in [0.2, 0.25) is 5.91 Å². The number of hydrogen-bond donors (Lipinski definition) is 1. The SMILES string of the molecule is CCOc1ccc(NC(=O)[C@@H]2CC(=O)O[C@@H]2c2ccccc2)cc1. The molecule has 2 aromatic rings. The van der Waals surface area contributed by atoms with Crippen molar-refractivity contribution in [2.75, 3.05) is 11.9 Å². The van der Waals surface area contributed by atoms with Gasteiger partial charge in [0.1, 0.15) is 11.9 Å². The van der Waals surface area contributed by atoms with Gasteiger partial charge in [-0.2, -0.15) is 0 Å². The molecule has 1 aliphatic heterocycles. The summed E-state index contributed by atoms with van der Waals surface area (Å²) < 4.78 is 10.7. The molecule has 0 spiro atoms. The number of nitrogens with one attached hydrogen (secondary N) is 1. The summed E-state index contributed by atoms with van der Waals surface area (Å²) >= 11 is 0. The first-order valence-electron chi connectivity index (χ1n) is 7.95. The lowest BCUT2D eigenvalue weighted by molar-refractivity contribution is -0.141. The Morgan fingerprint density at radius 3 is 2.54 bits per heavy atom. The molecule has 5 heteroatoms. The molecule has 0 aliphatic carbocycles. The fraction of sp³-hybridized carbons (Fsp3) is 0.263. The number of rotatable bonds is 5. The number of hydrogen-bond acceptors (Lipinski definition) is 4. The quantitative estimate of drug-likeness (QED) is 0.857. The Morgan fingerprint density at radius 1 is 1.17 bits per heavy atom. The molecule has 1 aliphatic rings. The topological polar surface area (TPSA) is 64.6 Å². The summed E-state index contributed by atoms with van der Waals surface area (Å²) in [6.45, 7) is 2.50. The largest absolute Gasteiger partial charge is 0.494 e. The van der Waals surface area contributed by atoms with Crippen LogP contribution in [0, 0.1) is 5.92 Å². The number of carbonyl (C=O) groups excluding carboxylic acids is 2. The van der Waals surface area contributed by atoms with Crippen molar-refractivity contribution in [1.29, 1.82) is 0 Å². The van der Waals surface area contributed by atoms with E-state index in [0.29, 0.717) is 12.3 Å². The molecule has 0 unspecified atom stereocenters. The van der Waals surface area contributed by atoms with E-state index in [-0.39, 0.29) is 18.3 Å². The molecular formula is C19H19NO4. The van der Waals surface area contributed by atoms with Crippen molar-refractivity contribution >= 4 is 17.6 Å². The number of esters is 1. The van der Waals surface area contributed by atoms with Crippen LogP contribution in [-0.4, -0.2) is 18.5 Å². The summed E-state index contributed by atoms with van der Waals surface area (Å²) in [6, 6.07) is 16.5. The monoisotopic (exact) mass is 325 g/mol. The minimum atomic E-state index is -0.540. The highest BCUT2D eigenvalue weighted by molar-refractivity contribution is 5.96. The Bertz CT molecular complexity index is 712. The Hall–Kier alpha value is -2.82. The van der Waals surface area contributed by atoms with Crippen molar-refractivity contribution < 1.29 is 19.1 Å². The second-order valence-electron chi connectivity index (χ2n) is 5.58. The van der Waals surface area contributed by atoms with Crippen LogP contribution in [0.25, 0.3) is 0 Å². The van der Waals surface area contributed by atoms with E-state index < -0.39 is 12.0 Å². The molecule has 1 amide bonds. The van der Waals surface area contributed by atoms with E-state index in [1.54, 1.807) is 24.3 Å². The van der Waals surface area contributed by atoms with E-state index in [4.69, 9.17) is 9.47 Å². The van der Waals surface area contributed by atoms with Gasteiger partial charge in [-0.15, -0.1) is 0 Å². The molecule has 0 radical (unpaired) electrons. The number of ether oxygens (including phenoxy) is 2. The molecule has 2 atom stereocenters. The van der Waals surface area contributed by atoms with Crippen LogP contribution in [0.5, 0.6) is 5.75 Å². The van der Waals surface area contributed by atoms with Crippen LogP contribution >= 0.6 is 0 Å². The predicted molar refractivity (Wildman–Crippen MR) is 89.6 cm³/mol. The summed E-state index contributed by atoms with van der Waals surface area (Å²) in [5.74, 6) is -0.363. The second-order valence-corrected chi connectivity index (χ2v) is 5.58. The summed E-state index contributed by atoms with van der Waals surface area (Å²) in [5, 5.41) is 2.85. The lowest BCUT2D eigenvalue weighted by Crippen LogP contribution is -2.25. The molecule has 0 bridgehead atoms. The Kier molecular flexibility index (Phi) is 4.79. The molecule has 124 valence electrons. The van der Waals surface area contributed by atoms with Crippen LogP contribution in [0.4, 0.5) is 5.69 Å². The van der Waals surface area contributed by atoms with Crippen molar-refractivity contribution in [1.82, 2.24) is 0 Å². The van der Waals surface area contributed by atoms with E-state index in [2.05, 4.69) is 5.32 Å². The third-order valence-electron chi connectivity index (χ3n) is 3.91. The molecule has 1 N–H and O–H groups in total. The number of amides is 1. The molecule has 1 heterocycles. The van der Waals surface area contributed by atoms with Crippen LogP contribution in [0.2, 0.25) is 0 Å². The maximum atomic E-state index is 12.6. The normalized spacial score (nSPS) is 19.6. The highest BCUT2D eigenvalue weighted by atomic mass is 16.6. The first kappa shape index (κ1) is 16.1. The van der Waals surface area contributed by atoms with Crippen LogP contribution in [0.1, 0.15) is 25.0 Å². The average Bonchev–Trinajstić information content (AvgIpc) is 3.00. The van der Waals surface area contributed by atoms with Crippen LogP contribution in [-0.2, 0) is 14.3 Å². The zero-order valence-corrected chi connectivity index (χ0v) is 13.4. The Balaban J connectivity index is 1.72. The van der Waals surface area contributed by atoms with E-state index in [0.717, 1.165) is 11.3 Å². The third kappa shape index (κ3) is 3.56. The van der Waals surface area contributed by atoms with Crippen LogP contribution < -0.4 is 10.1 Å². The van der Waals surface area contributed by atoms with E-state index in [1.165, 1.54) is 0 Å². The highest BCUT2D eigenvalue weighted by Crippen LogP contribution is 2.36. The molecule has 1 saturated heterocycles. The highest BCUT2D eigenvalue weighted by Gasteiger charge is 2.40. The number of benzene rings is 2. The van der Waals surface area contributed by atoms with E-state index in [9.17, 15) is 9.59 Å². The fourth-order valence-corrected chi connectivity index (χ4v) is 2.77. The predicted octanol–water partition coefficient (Wildman–Crippen LogP) is 3.33. The van der Waals surface area contributed by atoms with Gasteiger partial charge in [0.25, 0.3) is 0 Å². The molecular weight excluding hydrogens is 306 g/mol. The lowest BCUT2D eigenvalue weighted by atomic mass is 9.94. The molecule has 3 rings (SSSR count). The minimum absolute atomic E-state index is 0.0857. The van der Waals surface area contributed by atoms with Crippen LogP contribution in [0.3, 0.4) is 0 Å². The third-order valence-corrected chi connectivity index (χ3v) is 3.91. The van der Waals surface area contributed by atoms with Crippen molar-refractivity contribution in [3.63, 3.8) is 0 Å². The zero-order valence-electron chi connectivity index (χ0n) is 13.4. The van der Waals surface area contributed by atoms with Gasteiger partial charge in [0.05, 0.1) is 18.9 Å². The lowest BCUT2D eigenvalue weighted by Gasteiger charge is -2.17.